The lowest BCUT2D eigenvalue weighted by Gasteiger charge is -2.32. The van der Waals surface area contributed by atoms with Gasteiger partial charge in [-0.25, -0.2) is 0 Å². The molecule has 7 heteroatoms. The summed E-state index contributed by atoms with van der Waals surface area (Å²) in [5.41, 5.74) is 2.49. The Bertz CT molecular complexity index is 1140. The van der Waals surface area contributed by atoms with Crippen molar-refractivity contribution in [1.29, 1.82) is 0 Å². The molecule has 0 radical (unpaired) electrons. The van der Waals surface area contributed by atoms with Gasteiger partial charge >= 0.3 is 0 Å². The van der Waals surface area contributed by atoms with Crippen LogP contribution in [0.2, 0.25) is 10.0 Å². The molecule has 0 spiro atoms. The minimum Gasteiger partial charge on any atom is -0.497 e. The van der Waals surface area contributed by atoms with Crippen LogP contribution in [-0.2, 0) is 29.0 Å². The largest absolute Gasteiger partial charge is 0.497 e. The Kier molecular flexibility index (Phi) is 10.0. The molecular formula is C28H30Cl2N2O3. The number of rotatable bonds is 11. The van der Waals surface area contributed by atoms with Crippen LogP contribution in [0.3, 0.4) is 0 Å². The van der Waals surface area contributed by atoms with Crippen LogP contribution in [0.25, 0.3) is 0 Å². The van der Waals surface area contributed by atoms with Gasteiger partial charge in [-0.3, -0.25) is 9.59 Å². The van der Waals surface area contributed by atoms with Gasteiger partial charge in [-0.15, -0.1) is 0 Å². The molecule has 0 saturated carbocycles. The highest BCUT2D eigenvalue weighted by Crippen LogP contribution is 2.24. The number of amides is 2. The van der Waals surface area contributed by atoms with E-state index >= 15 is 0 Å². The molecule has 0 heterocycles. The molecule has 0 unspecified atom stereocenters. The molecule has 0 fully saturated rings. The molecule has 35 heavy (non-hydrogen) atoms. The Morgan fingerprint density at radius 1 is 0.971 bits per heavy atom. The first-order valence-electron chi connectivity index (χ1n) is 11.6. The van der Waals surface area contributed by atoms with Gasteiger partial charge in [0.05, 0.1) is 13.5 Å². The van der Waals surface area contributed by atoms with Gasteiger partial charge in [0.1, 0.15) is 11.8 Å². The molecule has 3 aromatic carbocycles. The number of halogens is 2. The molecule has 0 aliphatic heterocycles. The second kappa shape index (κ2) is 13.2. The Balaban J connectivity index is 1.98. The second-order valence-electron chi connectivity index (χ2n) is 8.28. The third kappa shape index (κ3) is 7.74. The van der Waals surface area contributed by atoms with Crippen LogP contribution in [0.5, 0.6) is 5.75 Å². The highest BCUT2D eigenvalue weighted by atomic mass is 35.5. The molecule has 184 valence electrons. The van der Waals surface area contributed by atoms with E-state index in [1.807, 2.05) is 61.5 Å². The van der Waals surface area contributed by atoms with E-state index in [2.05, 4.69) is 5.32 Å². The minimum absolute atomic E-state index is 0.0479. The number of methoxy groups -OCH3 is 1. The van der Waals surface area contributed by atoms with E-state index in [4.69, 9.17) is 27.9 Å². The van der Waals surface area contributed by atoms with E-state index in [0.717, 1.165) is 17.5 Å². The maximum absolute atomic E-state index is 13.7. The van der Waals surface area contributed by atoms with Crippen LogP contribution >= 0.6 is 23.2 Å². The Labute approximate surface area is 217 Å². The van der Waals surface area contributed by atoms with Gasteiger partial charge in [0.2, 0.25) is 11.8 Å². The number of carbonyl (C=O) groups excluding carboxylic acids is 2. The fourth-order valence-electron chi connectivity index (χ4n) is 3.82. The number of hydrogen-bond acceptors (Lipinski definition) is 3. The molecule has 0 bridgehead atoms. The van der Waals surface area contributed by atoms with Crippen molar-refractivity contribution in [3.8, 4) is 5.75 Å². The first-order chi connectivity index (χ1) is 16.9. The molecule has 0 aliphatic rings. The summed E-state index contributed by atoms with van der Waals surface area (Å²) in [4.78, 5) is 28.7. The predicted octanol–water partition coefficient (Wildman–Crippen LogP) is 5.71. The second-order valence-corrected chi connectivity index (χ2v) is 9.13. The topological polar surface area (TPSA) is 58.6 Å². The van der Waals surface area contributed by atoms with Crippen LogP contribution in [0, 0.1) is 0 Å². The number of benzene rings is 3. The highest BCUT2D eigenvalue weighted by Gasteiger charge is 2.30. The smallest absolute Gasteiger partial charge is 0.243 e. The summed E-state index contributed by atoms with van der Waals surface area (Å²) >= 11 is 12.4. The highest BCUT2D eigenvalue weighted by molar-refractivity contribution is 6.35. The zero-order valence-corrected chi connectivity index (χ0v) is 21.5. The van der Waals surface area contributed by atoms with Crippen LogP contribution in [-0.4, -0.2) is 36.4 Å². The normalized spacial score (nSPS) is 11.5. The number of carbonyl (C=O) groups is 2. The summed E-state index contributed by atoms with van der Waals surface area (Å²) in [6, 6.07) is 21.6. The summed E-state index contributed by atoms with van der Waals surface area (Å²) < 4.78 is 5.36. The predicted molar refractivity (Wildman–Crippen MR) is 141 cm³/mol. The van der Waals surface area contributed by atoms with Crippen molar-refractivity contribution in [3.63, 3.8) is 0 Å². The van der Waals surface area contributed by atoms with Gasteiger partial charge < -0.3 is 15.0 Å². The van der Waals surface area contributed by atoms with Gasteiger partial charge in [0, 0.05) is 29.6 Å². The quantitative estimate of drug-likeness (QED) is 0.357. The van der Waals surface area contributed by atoms with Crippen molar-refractivity contribution in [3.05, 3.63) is 99.5 Å². The Hall–Kier alpha value is -3.02. The molecule has 2 amide bonds. The summed E-state index contributed by atoms with van der Waals surface area (Å²) in [5, 5.41) is 3.90. The standard InChI is InChI=1S/C28H30Cl2N2O3/c1-3-14-31-28(34)26(16-20-8-5-4-6-9-20)32(19-21-10-7-11-24(15-21)35-2)27(33)17-22-12-13-23(29)18-25(22)30/h4-13,15,18,26H,3,14,16-17,19H2,1-2H3,(H,31,34)/t26-/m0/s1. The van der Waals surface area contributed by atoms with Crippen molar-refractivity contribution < 1.29 is 14.3 Å². The average molecular weight is 513 g/mol. The Morgan fingerprint density at radius 3 is 2.40 bits per heavy atom. The monoisotopic (exact) mass is 512 g/mol. The van der Waals surface area contributed by atoms with Gasteiger partial charge in [-0.05, 0) is 47.4 Å². The fraction of sp³-hybridized carbons (Fsp3) is 0.286. The number of ether oxygens (including phenoxy) is 1. The summed E-state index contributed by atoms with van der Waals surface area (Å²) in [6.45, 7) is 2.78. The zero-order valence-electron chi connectivity index (χ0n) is 20.0. The van der Waals surface area contributed by atoms with Crippen molar-refractivity contribution in [2.24, 2.45) is 0 Å². The molecule has 0 saturated heterocycles. The molecule has 3 aromatic rings. The molecule has 0 aliphatic carbocycles. The number of hydrogen-bond donors (Lipinski definition) is 1. The van der Waals surface area contributed by atoms with E-state index < -0.39 is 6.04 Å². The lowest BCUT2D eigenvalue weighted by atomic mass is 10.0. The third-order valence-electron chi connectivity index (χ3n) is 5.66. The average Bonchev–Trinajstić information content (AvgIpc) is 2.87. The Morgan fingerprint density at radius 2 is 1.71 bits per heavy atom. The third-order valence-corrected chi connectivity index (χ3v) is 6.25. The molecule has 1 atom stereocenters. The van der Waals surface area contributed by atoms with E-state index in [0.29, 0.717) is 34.3 Å². The van der Waals surface area contributed by atoms with Crippen LogP contribution < -0.4 is 10.1 Å². The van der Waals surface area contributed by atoms with E-state index in [1.54, 1.807) is 30.2 Å². The van der Waals surface area contributed by atoms with Gasteiger partial charge in [-0.1, -0.05) is 78.7 Å². The van der Waals surface area contributed by atoms with Crippen LogP contribution in [0.4, 0.5) is 0 Å². The van der Waals surface area contributed by atoms with E-state index in [1.165, 1.54) is 0 Å². The molecule has 0 aromatic heterocycles. The van der Waals surface area contributed by atoms with Gasteiger partial charge in [-0.2, -0.15) is 0 Å². The lowest BCUT2D eigenvalue weighted by Crippen LogP contribution is -2.51. The molecular weight excluding hydrogens is 483 g/mol. The van der Waals surface area contributed by atoms with Crippen molar-refractivity contribution in [2.45, 2.75) is 38.8 Å². The molecule has 1 N–H and O–H groups in total. The summed E-state index contributed by atoms with van der Waals surface area (Å²) in [5.74, 6) is 0.296. The molecule has 3 rings (SSSR count). The van der Waals surface area contributed by atoms with Crippen molar-refractivity contribution in [1.82, 2.24) is 10.2 Å². The maximum atomic E-state index is 13.7. The number of nitrogens with one attached hydrogen (secondary N) is 1. The summed E-state index contributed by atoms with van der Waals surface area (Å²) in [6.07, 6.45) is 1.24. The SMILES string of the molecule is CCCNC(=O)[C@H](Cc1ccccc1)N(Cc1cccc(OC)c1)C(=O)Cc1ccc(Cl)cc1Cl. The number of nitrogens with zero attached hydrogens (tertiary/aromatic N) is 1. The van der Waals surface area contributed by atoms with Crippen LogP contribution in [0.1, 0.15) is 30.0 Å². The maximum Gasteiger partial charge on any atom is 0.243 e. The van der Waals surface area contributed by atoms with Crippen molar-refractivity contribution in [2.75, 3.05) is 13.7 Å². The lowest BCUT2D eigenvalue weighted by molar-refractivity contribution is -0.140. The first-order valence-corrected chi connectivity index (χ1v) is 12.3. The van der Waals surface area contributed by atoms with E-state index in [9.17, 15) is 9.59 Å². The van der Waals surface area contributed by atoms with E-state index in [-0.39, 0.29) is 24.8 Å². The molecule has 5 nitrogen and oxygen atoms in total. The summed E-state index contributed by atoms with van der Waals surface area (Å²) in [7, 11) is 1.60. The zero-order chi connectivity index (χ0) is 25.2. The minimum atomic E-state index is -0.700. The van der Waals surface area contributed by atoms with Crippen molar-refractivity contribution >= 4 is 35.0 Å². The fourth-order valence-corrected chi connectivity index (χ4v) is 4.29. The van der Waals surface area contributed by atoms with Crippen LogP contribution in [0.15, 0.2) is 72.8 Å². The van der Waals surface area contributed by atoms with Gasteiger partial charge in [0.15, 0.2) is 0 Å². The van der Waals surface area contributed by atoms with Gasteiger partial charge in [0.25, 0.3) is 0 Å². The first kappa shape index (κ1) is 26.6.